The fourth-order valence-electron chi connectivity index (χ4n) is 3.94. The quantitative estimate of drug-likeness (QED) is 0.244. The van der Waals surface area contributed by atoms with E-state index in [0.29, 0.717) is 25.3 Å². The maximum atomic E-state index is 13.6. The number of nitrogens with zero attached hydrogens (tertiary/aromatic N) is 2. The number of nitro groups is 1. The van der Waals surface area contributed by atoms with Crippen LogP contribution in [0.1, 0.15) is 35.6 Å². The lowest BCUT2D eigenvalue weighted by Gasteiger charge is -2.32. The van der Waals surface area contributed by atoms with Crippen LogP contribution >= 0.6 is 11.8 Å². The van der Waals surface area contributed by atoms with Gasteiger partial charge in [0, 0.05) is 37.4 Å². The zero-order valence-corrected chi connectivity index (χ0v) is 22.1. The molecule has 3 rings (SSSR count). The van der Waals surface area contributed by atoms with Gasteiger partial charge in [-0.15, -0.1) is 11.8 Å². The van der Waals surface area contributed by atoms with Crippen LogP contribution < -0.4 is 5.32 Å². The summed E-state index contributed by atoms with van der Waals surface area (Å²) < 4.78 is 0. The van der Waals surface area contributed by atoms with Gasteiger partial charge in [0.05, 0.1) is 10.7 Å². The molecule has 0 aromatic heterocycles. The number of nitro benzene ring substituents is 1. The fourth-order valence-corrected chi connectivity index (χ4v) is 4.81. The molecule has 1 unspecified atom stereocenters. The minimum atomic E-state index is -0.652. The zero-order chi connectivity index (χ0) is 26.6. The summed E-state index contributed by atoms with van der Waals surface area (Å²) >= 11 is 1.43. The standard InChI is InChI=1S/C29H33N3O4S/c1-3-17-30-29(34)27(18-23-10-5-4-6-11-23)31(19-25-12-8-7-9-22(25)2)28(33)21-37-20-24-13-15-26(16-14-24)32(35)36/h4-16,27H,3,17-21H2,1-2H3,(H,30,34). The van der Waals surface area contributed by atoms with Gasteiger partial charge < -0.3 is 10.2 Å². The Morgan fingerprint density at radius 3 is 2.30 bits per heavy atom. The van der Waals surface area contributed by atoms with Crippen molar-refractivity contribution in [2.45, 2.75) is 45.0 Å². The van der Waals surface area contributed by atoms with Crippen molar-refractivity contribution >= 4 is 29.3 Å². The maximum absolute atomic E-state index is 13.6. The van der Waals surface area contributed by atoms with Crippen molar-refractivity contribution in [1.29, 1.82) is 0 Å². The molecular formula is C29H33N3O4S. The summed E-state index contributed by atoms with van der Waals surface area (Å²) in [4.78, 5) is 39.1. The summed E-state index contributed by atoms with van der Waals surface area (Å²) in [6.45, 7) is 4.88. The first kappa shape index (κ1) is 27.9. The van der Waals surface area contributed by atoms with Crippen LogP contribution in [0.3, 0.4) is 0 Å². The number of non-ortho nitro benzene ring substituents is 1. The Labute approximate surface area is 222 Å². The summed E-state index contributed by atoms with van der Waals surface area (Å²) in [6, 6.07) is 23.3. The van der Waals surface area contributed by atoms with Gasteiger partial charge >= 0.3 is 0 Å². The van der Waals surface area contributed by atoms with Gasteiger partial charge in [-0.3, -0.25) is 19.7 Å². The van der Waals surface area contributed by atoms with Crippen molar-refractivity contribution in [3.8, 4) is 0 Å². The van der Waals surface area contributed by atoms with Crippen molar-refractivity contribution in [3.05, 3.63) is 111 Å². The SMILES string of the molecule is CCCNC(=O)C(Cc1ccccc1)N(Cc1ccccc1C)C(=O)CSCc1ccc([N+](=O)[O-])cc1. The maximum Gasteiger partial charge on any atom is 0.269 e. The van der Waals surface area contributed by atoms with Crippen LogP contribution in [-0.2, 0) is 28.3 Å². The van der Waals surface area contributed by atoms with Crippen LogP contribution in [0.5, 0.6) is 0 Å². The van der Waals surface area contributed by atoms with Crippen molar-refractivity contribution < 1.29 is 14.5 Å². The van der Waals surface area contributed by atoms with Gasteiger partial charge in [-0.2, -0.15) is 0 Å². The molecule has 0 aliphatic heterocycles. The molecule has 2 amide bonds. The lowest BCUT2D eigenvalue weighted by molar-refractivity contribution is -0.384. The highest BCUT2D eigenvalue weighted by Crippen LogP contribution is 2.21. The first-order chi connectivity index (χ1) is 17.9. The van der Waals surface area contributed by atoms with E-state index in [9.17, 15) is 19.7 Å². The van der Waals surface area contributed by atoms with E-state index in [1.54, 1.807) is 17.0 Å². The molecule has 0 aliphatic rings. The second-order valence-corrected chi connectivity index (χ2v) is 9.85. The van der Waals surface area contributed by atoms with Crippen molar-refractivity contribution in [3.63, 3.8) is 0 Å². The molecule has 0 saturated heterocycles. The molecule has 0 radical (unpaired) electrons. The molecule has 0 saturated carbocycles. The summed E-state index contributed by atoms with van der Waals surface area (Å²) in [5.74, 6) is 0.443. The first-order valence-corrected chi connectivity index (χ1v) is 13.5. The van der Waals surface area contributed by atoms with E-state index in [4.69, 9.17) is 0 Å². The third-order valence-corrected chi connectivity index (χ3v) is 7.05. The Morgan fingerprint density at radius 1 is 0.973 bits per heavy atom. The monoisotopic (exact) mass is 519 g/mol. The number of carbonyl (C=O) groups is 2. The number of hydrogen-bond donors (Lipinski definition) is 1. The topological polar surface area (TPSA) is 92.6 Å². The number of benzene rings is 3. The van der Waals surface area contributed by atoms with Crippen LogP contribution in [0.25, 0.3) is 0 Å². The number of hydrogen-bond acceptors (Lipinski definition) is 5. The highest BCUT2D eigenvalue weighted by molar-refractivity contribution is 7.99. The minimum Gasteiger partial charge on any atom is -0.354 e. The summed E-state index contributed by atoms with van der Waals surface area (Å²) in [6.07, 6.45) is 1.22. The first-order valence-electron chi connectivity index (χ1n) is 12.4. The molecule has 0 aliphatic carbocycles. The number of rotatable bonds is 13. The van der Waals surface area contributed by atoms with Crippen molar-refractivity contribution in [2.24, 2.45) is 0 Å². The molecule has 194 valence electrons. The molecule has 1 N–H and O–H groups in total. The van der Waals surface area contributed by atoms with E-state index in [0.717, 1.165) is 28.7 Å². The molecule has 37 heavy (non-hydrogen) atoms. The summed E-state index contributed by atoms with van der Waals surface area (Å²) in [5.41, 5.74) is 3.98. The Bertz CT molecular complexity index is 1190. The minimum absolute atomic E-state index is 0.0380. The third-order valence-electron chi connectivity index (χ3n) is 6.06. The largest absolute Gasteiger partial charge is 0.354 e. The third kappa shape index (κ3) is 8.46. The Morgan fingerprint density at radius 2 is 1.65 bits per heavy atom. The number of aryl methyl sites for hydroxylation is 1. The number of amides is 2. The molecule has 7 nitrogen and oxygen atoms in total. The Balaban J connectivity index is 1.81. The van der Waals surface area contributed by atoms with Crippen LogP contribution in [0.4, 0.5) is 5.69 Å². The highest BCUT2D eigenvalue weighted by atomic mass is 32.2. The second-order valence-electron chi connectivity index (χ2n) is 8.86. The number of nitrogens with one attached hydrogen (secondary N) is 1. The predicted molar refractivity (Wildman–Crippen MR) is 148 cm³/mol. The van der Waals surface area contributed by atoms with Crippen LogP contribution in [0.15, 0.2) is 78.9 Å². The molecule has 8 heteroatoms. The van der Waals surface area contributed by atoms with Crippen LogP contribution in [0, 0.1) is 17.0 Å². The average Bonchev–Trinajstić information content (AvgIpc) is 2.91. The molecule has 0 heterocycles. The molecule has 1 atom stereocenters. The lowest BCUT2D eigenvalue weighted by Crippen LogP contribution is -2.51. The van der Waals surface area contributed by atoms with Gasteiger partial charge in [0.15, 0.2) is 0 Å². The second kappa shape index (κ2) is 14.2. The van der Waals surface area contributed by atoms with E-state index < -0.39 is 11.0 Å². The number of thioether (sulfide) groups is 1. The molecule has 0 spiro atoms. The van der Waals surface area contributed by atoms with Crippen LogP contribution in [0.2, 0.25) is 0 Å². The molecule has 3 aromatic rings. The smallest absolute Gasteiger partial charge is 0.269 e. The van der Waals surface area contributed by atoms with E-state index in [1.165, 1.54) is 23.9 Å². The summed E-state index contributed by atoms with van der Waals surface area (Å²) in [7, 11) is 0. The average molecular weight is 520 g/mol. The van der Waals surface area contributed by atoms with Gasteiger partial charge in [-0.25, -0.2) is 0 Å². The van der Waals surface area contributed by atoms with Crippen molar-refractivity contribution in [2.75, 3.05) is 12.3 Å². The summed E-state index contributed by atoms with van der Waals surface area (Å²) in [5, 5.41) is 13.9. The Hall–Kier alpha value is -3.65. The van der Waals surface area contributed by atoms with E-state index in [2.05, 4.69) is 5.32 Å². The van der Waals surface area contributed by atoms with Gasteiger partial charge in [0.1, 0.15) is 6.04 Å². The predicted octanol–water partition coefficient (Wildman–Crippen LogP) is 5.30. The van der Waals surface area contributed by atoms with Gasteiger partial charge in [0.2, 0.25) is 11.8 Å². The number of carbonyl (C=O) groups excluding carboxylic acids is 2. The normalized spacial score (nSPS) is 11.5. The van der Waals surface area contributed by atoms with Gasteiger partial charge in [-0.05, 0) is 35.6 Å². The van der Waals surface area contributed by atoms with Crippen LogP contribution in [-0.4, -0.2) is 40.0 Å². The van der Waals surface area contributed by atoms with E-state index in [-0.39, 0.29) is 23.3 Å². The van der Waals surface area contributed by atoms with Gasteiger partial charge in [0.25, 0.3) is 5.69 Å². The van der Waals surface area contributed by atoms with Gasteiger partial charge in [-0.1, -0.05) is 73.7 Å². The molecule has 0 fully saturated rings. The Kier molecular flexibility index (Phi) is 10.7. The van der Waals surface area contributed by atoms with E-state index in [1.807, 2.05) is 68.4 Å². The van der Waals surface area contributed by atoms with E-state index >= 15 is 0 Å². The highest BCUT2D eigenvalue weighted by Gasteiger charge is 2.30. The van der Waals surface area contributed by atoms with Crippen molar-refractivity contribution in [1.82, 2.24) is 10.2 Å². The molecule has 0 bridgehead atoms. The fraction of sp³-hybridized carbons (Fsp3) is 0.310. The zero-order valence-electron chi connectivity index (χ0n) is 21.3. The molecular weight excluding hydrogens is 486 g/mol. The molecule has 3 aromatic carbocycles. The lowest BCUT2D eigenvalue weighted by atomic mass is 10.0.